The van der Waals surface area contributed by atoms with Gasteiger partial charge in [0.2, 0.25) is 0 Å². The zero-order chi connectivity index (χ0) is 25.4. The largest absolute Gasteiger partial charge is 0.312 e. The maximum Gasteiger partial charge on any atom is 0.257 e. The van der Waals surface area contributed by atoms with Gasteiger partial charge in [-0.15, -0.1) is 11.3 Å². The minimum Gasteiger partial charge on any atom is -0.312 e. The number of nitrogens with zero attached hydrogens (tertiary/aromatic N) is 2. The third-order valence-corrected chi connectivity index (χ3v) is 9.06. The van der Waals surface area contributed by atoms with Crippen molar-refractivity contribution in [2.75, 3.05) is 5.32 Å². The smallest absolute Gasteiger partial charge is 0.257 e. The number of benzene rings is 2. The predicted octanol–water partition coefficient (Wildman–Crippen LogP) is 7.94. The number of nitriles is 1. The Balaban J connectivity index is 1.52. The van der Waals surface area contributed by atoms with E-state index in [1.807, 2.05) is 55.5 Å². The molecule has 0 radical (unpaired) electrons. The van der Waals surface area contributed by atoms with Crippen LogP contribution in [0.2, 0.25) is 0 Å². The molecule has 0 aliphatic heterocycles. The molecule has 0 spiro atoms. The Morgan fingerprint density at radius 2 is 2.00 bits per heavy atom. The first-order valence-electron chi connectivity index (χ1n) is 12.6. The molecule has 0 saturated carbocycles. The van der Waals surface area contributed by atoms with E-state index in [4.69, 9.17) is 4.98 Å². The summed E-state index contributed by atoms with van der Waals surface area (Å²) in [5.74, 6) is 0.382. The molecule has 2 heterocycles. The fourth-order valence-corrected chi connectivity index (χ4v) is 6.51. The second-order valence-electron chi connectivity index (χ2n) is 10.5. The molecule has 5 heteroatoms. The van der Waals surface area contributed by atoms with Crippen molar-refractivity contribution in [2.24, 2.45) is 11.3 Å². The fraction of sp³-hybridized carbons (Fsp3) is 0.323. The van der Waals surface area contributed by atoms with Crippen LogP contribution in [0.5, 0.6) is 0 Å². The molecule has 0 fully saturated rings. The summed E-state index contributed by atoms with van der Waals surface area (Å²) >= 11 is 1.58. The van der Waals surface area contributed by atoms with E-state index < -0.39 is 0 Å². The molecule has 1 amide bonds. The summed E-state index contributed by atoms with van der Waals surface area (Å²) in [4.78, 5) is 19.8. The number of aromatic nitrogens is 1. The third-order valence-electron chi connectivity index (χ3n) is 7.90. The van der Waals surface area contributed by atoms with E-state index in [2.05, 4.69) is 38.2 Å². The van der Waals surface area contributed by atoms with Gasteiger partial charge in [0.25, 0.3) is 5.91 Å². The third kappa shape index (κ3) is 4.42. The van der Waals surface area contributed by atoms with E-state index in [1.54, 1.807) is 11.3 Å². The van der Waals surface area contributed by atoms with Crippen LogP contribution in [0.1, 0.15) is 65.5 Å². The van der Waals surface area contributed by atoms with Crippen molar-refractivity contribution in [3.63, 3.8) is 0 Å². The molecule has 182 valence electrons. The first-order valence-corrected chi connectivity index (χ1v) is 13.4. The van der Waals surface area contributed by atoms with Crippen molar-refractivity contribution in [2.45, 2.75) is 53.4 Å². The lowest BCUT2D eigenvalue weighted by Gasteiger charge is -2.36. The van der Waals surface area contributed by atoms with Crippen LogP contribution in [0.25, 0.3) is 22.2 Å². The lowest BCUT2D eigenvalue weighted by molar-refractivity contribution is 0.102. The number of hydrogen-bond donors (Lipinski definition) is 1. The van der Waals surface area contributed by atoms with E-state index in [0.29, 0.717) is 22.0 Å². The van der Waals surface area contributed by atoms with Crippen LogP contribution in [0, 0.1) is 29.6 Å². The van der Waals surface area contributed by atoms with Gasteiger partial charge >= 0.3 is 0 Å². The Kier molecular flexibility index (Phi) is 6.40. The molecule has 0 bridgehead atoms. The standard InChI is InChI=1S/C31H31N3OS/c1-5-31(3,4)21-13-14-23-25(18-32)30(36-28(23)16-21)34-29(35)24-17-27(20-10-8-9-19(2)15-20)33-26-12-7-6-11-22(24)26/h6-12,15,17,21H,5,13-14,16H2,1-4H3,(H,34,35). The molecule has 1 aliphatic carbocycles. The maximum atomic E-state index is 13.7. The van der Waals surface area contributed by atoms with Crippen LogP contribution in [0.3, 0.4) is 0 Å². The van der Waals surface area contributed by atoms with Gasteiger partial charge in [-0.3, -0.25) is 4.79 Å². The fourth-order valence-electron chi connectivity index (χ4n) is 5.23. The molecule has 1 unspecified atom stereocenters. The molecule has 4 nitrogen and oxygen atoms in total. The summed E-state index contributed by atoms with van der Waals surface area (Å²) in [6.45, 7) is 8.97. The number of carbonyl (C=O) groups is 1. The summed E-state index contributed by atoms with van der Waals surface area (Å²) < 4.78 is 0. The molecule has 36 heavy (non-hydrogen) atoms. The van der Waals surface area contributed by atoms with Crippen LogP contribution in [-0.4, -0.2) is 10.9 Å². The Hall–Kier alpha value is -3.49. The predicted molar refractivity (Wildman–Crippen MR) is 148 cm³/mol. The highest BCUT2D eigenvalue weighted by atomic mass is 32.1. The number of amides is 1. The topological polar surface area (TPSA) is 65.8 Å². The number of anilines is 1. The number of thiophene rings is 1. The number of fused-ring (bicyclic) bond motifs is 2. The highest BCUT2D eigenvalue weighted by Crippen LogP contribution is 2.45. The van der Waals surface area contributed by atoms with E-state index in [1.165, 1.54) is 4.88 Å². The number of para-hydroxylation sites is 1. The van der Waals surface area contributed by atoms with Gasteiger partial charge in [-0.05, 0) is 61.3 Å². The van der Waals surface area contributed by atoms with Gasteiger partial charge < -0.3 is 5.32 Å². The minimum absolute atomic E-state index is 0.206. The molecule has 1 N–H and O–H groups in total. The number of rotatable bonds is 5. The van der Waals surface area contributed by atoms with E-state index in [0.717, 1.165) is 59.0 Å². The van der Waals surface area contributed by atoms with Gasteiger partial charge in [0, 0.05) is 15.8 Å². The van der Waals surface area contributed by atoms with Crippen molar-refractivity contribution >= 4 is 33.1 Å². The minimum atomic E-state index is -0.206. The summed E-state index contributed by atoms with van der Waals surface area (Å²) in [6, 6.07) is 20.1. The van der Waals surface area contributed by atoms with Crippen molar-refractivity contribution in [3.05, 3.63) is 81.7 Å². The SMILES string of the molecule is CCC(C)(C)C1CCc2c(sc(NC(=O)c3cc(-c4cccc(C)c4)nc4ccccc34)c2C#N)C1. The Morgan fingerprint density at radius 1 is 1.19 bits per heavy atom. The van der Waals surface area contributed by atoms with Gasteiger partial charge in [-0.2, -0.15) is 5.26 Å². The zero-order valence-corrected chi connectivity index (χ0v) is 22.1. The monoisotopic (exact) mass is 493 g/mol. The van der Waals surface area contributed by atoms with Crippen LogP contribution >= 0.6 is 11.3 Å². The van der Waals surface area contributed by atoms with E-state index >= 15 is 0 Å². The molecule has 0 saturated heterocycles. The molecule has 1 aliphatic rings. The molecule has 4 aromatic rings. The Bertz CT molecular complexity index is 1510. The average molecular weight is 494 g/mol. The Morgan fingerprint density at radius 3 is 2.75 bits per heavy atom. The Labute approximate surface area is 217 Å². The van der Waals surface area contributed by atoms with Crippen molar-refractivity contribution in [1.29, 1.82) is 5.26 Å². The van der Waals surface area contributed by atoms with Crippen molar-refractivity contribution < 1.29 is 4.79 Å². The molecular formula is C31H31N3OS. The van der Waals surface area contributed by atoms with Gasteiger partial charge in [-0.1, -0.05) is 69.2 Å². The van der Waals surface area contributed by atoms with Crippen molar-refractivity contribution in [1.82, 2.24) is 4.98 Å². The van der Waals surface area contributed by atoms with Gasteiger partial charge in [0.15, 0.2) is 0 Å². The quantitative estimate of drug-likeness (QED) is 0.307. The van der Waals surface area contributed by atoms with Crippen LogP contribution < -0.4 is 5.32 Å². The number of hydrogen-bond acceptors (Lipinski definition) is 4. The highest BCUT2D eigenvalue weighted by Gasteiger charge is 2.34. The molecule has 2 aromatic carbocycles. The molecule has 2 aromatic heterocycles. The van der Waals surface area contributed by atoms with Gasteiger partial charge in [0.1, 0.15) is 11.1 Å². The zero-order valence-electron chi connectivity index (χ0n) is 21.3. The summed E-state index contributed by atoms with van der Waals surface area (Å²) in [5.41, 5.74) is 6.24. The first kappa shape index (κ1) is 24.2. The lowest BCUT2D eigenvalue weighted by Crippen LogP contribution is -2.28. The normalized spacial score (nSPS) is 15.4. The van der Waals surface area contributed by atoms with E-state index in [-0.39, 0.29) is 11.3 Å². The van der Waals surface area contributed by atoms with Crippen LogP contribution in [0.15, 0.2) is 54.6 Å². The van der Waals surface area contributed by atoms with Crippen LogP contribution in [0.4, 0.5) is 5.00 Å². The van der Waals surface area contributed by atoms with Gasteiger partial charge in [0.05, 0.1) is 22.3 Å². The number of nitrogens with one attached hydrogen (secondary N) is 1. The second-order valence-corrected chi connectivity index (χ2v) is 11.6. The molecule has 5 rings (SSSR count). The maximum absolute atomic E-state index is 13.7. The summed E-state index contributed by atoms with van der Waals surface area (Å²) in [5, 5.41) is 14.6. The molecule has 1 atom stereocenters. The number of pyridine rings is 1. The van der Waals surface area contributed by atoms with Gasteiger partial charge in [-0.25, -0.2) is 4.98 Å². The second kappa shape index (κ2) is 9.52. The lowest BCUT2D eigenvalue weighted by atomic mass is 9.69. The van der Waals surface area contributed by atoms with E-state index in [9.17, 15) is 10.1 Å². The number of carbonyl (C=O) groups excluding carboxylic acids is 1. The average Bonchev–Trinajstić information content (AvgIpc) is 3.24. The number of aryl methyl sites for hydroxylation is 1. The molecular weight excluding hydrogens is 462 g/mol. The summed E-state index contributed by atoms with van der Waals surface area (Å²) in [6.07, 6.45) is 4.09. The first-order chi connectivity index (χ1) is 17.3. The van der Waals surface area contributed by atoms with Crippen molar-refractivity contribution in [3.8, 4) is 17.3 Å². The van der Waals surface area contributed by atoms with Crippen LogP contribution in [-0.2, 0) is 12.8 Å². The summed E-state index contributed by atoms with van der Waals surface area (Å²) in [7, 11) is 0. The highest BCUT2D eigenvalue weighted by molar-refractivity contribution is 7.16.